The van der Waals surface area contributed by atoms with E-state index in [1.807, 2.05) is 93.7 Å². The highest BCUT2D eigenvalue weighted by Gasteiger charge is 2.24. The molecule has 78 heavy (non-hydrogen) atoms. The van der Waals surface area contributed by atoms with E-state index in [0.29, 0.717) is 22.1 Å². The van der Waals surface area contributed by atoms with E-state index in [-0.39, 0.29) is 11.1 Å². The van der Waals surface area contributed by atoms with Crippen LogP contribution in [0.1, 0.15) is 0 Å². The van der Waals surface area contributed by atoms with Gasteiger partial charge in [-0.1, -0.05) is 200 Å². The van der Waals surface area contributed by atoms with Crippen LogP contribution >= 0.6 is 0 Å². The second kappa shape index (κ2) is 17.0. The lowest BCUT2D eigenvalue weighted by atomic mass is 9.93. The van der Waals surface area contributed by atoms with Crippen LogP contribution in [-0.4, -0.2) is 18.8 Å². The summed E-state index contributed by atoms with van der Waals surface area (Å²) in [5, 5.41) is 7.11. The molecule has 6 nitrogen and oxygen atoms in total. The van der Waals surface area contributed by atoms with Crippen LogP contribution in [0.15, 0.2) is 264 Å². The molecule has 0 bridgehead atoms. The fourth-order valence-electron chi connectivity index (χ4n) is 12.4. The molecule has 0 radical (unpaired) electrons. The van der Waals surface area contributed by atoms with Gasteiger partial charge >= 0.3 is 0 Å². The zero-order valence-corrected chi connectivity index (χ0v) is 41.9. The van der Waals surface area contributed by atoms with Crippen molar-refractivity contribution in [2.75, 3.05) is 0 Å². The quantitative estimate of drug-likeness (QED) is 0.160. The summed E-state index contributed by atoms with van der Waals surface area (Å²) in [7, 11) is 0. The van der Waals surface area contributed by atoms with E-state index in [9.17, 15) is 4.79 Å². The molecule has 0 spiro atoms. The molecule has 0 N–H and O–H groups in total. The zero-order chi connectivity index (χ0) is 51.6. The summed E-state index contributed by atoms with van der Waals surface area (Å²) >= 11 is 0. The van der Waals surface area contributed by atoms with Gasteiger partial charge in [-0.2, -0.15) is 0 Å². The molecule has 4 heterocycles. The summed E-state index contributed by atoms with van der Waals surface area (Å²) in [5.41, 5.74) is 18.5. The first-order valence-corrected chi connectivity index (χ1v) is 26.3. The Bertz CT molecular complexity index is 5210. The molecule has 4 aromatic heterocycles. The molecule has 0 unspecified atom stereocenters. The van der Waals surface area contributed by atoms with Crippen LogP contribution in [0.25, 0.3) is 154 Å². The number of hydrogen-bond acceptors (Lipinski definition) is 4. The number of nitrogens with zero attached hydrogens (tertiary/aromatic N) is 4. The Morgan fingerprint density at radius 1 is 0.269 bits per heavy atom. The molecular formula is C72H42N4O2. The van der Waals surface area contributed by atoms with Crippen LogP contribution in [0.5, 0.6) is 0 Å². The molecule has 0 saturated carbocycles. The van der Waals surface area contributed by atoms with Gasteiger partial charge in [-0.05, 0) is 132 Å². The fourth-order valence-corrected chi connectivity index (χ4v) is 12.4. The maximum Gasteiger partial charge on any atom is 0.264 e. The van der Waals surface area contributed by atoms with E-state index >= 15 is 4.79 Å². The minimum Gasteiger partial charge on any atom is -0.268 e. The third-order valence-corrected chi connectivity index (χ3v) is 16.0. The first-order chi connectivity index (χ1) is 38.5. The van der Waals surface area contributed by atoms with Gasteiger partial charge in [-0.3, -0.25) is 18.4 Å². The Morgan fingerprint density at radius 2 is 0.705 bits per heavy atom. The normalized spacial score (nSPS) is 11.9. The second-order valence-electron chi connectivity index (χ2n) is 20.3. The Morgan fingerprint density at radius 3 is 1.29 bits per heavy atom. The van der Waals surface area contributed by atoms with Crippen molar-refractivity contribution < 1.29 is 0 Å². The first-order valence-electron chi connectivity index (χ1n) is 26.3. The van der Waals surface area contributed by atoms with Gasteiger partial charge in [-0.15, -0.1) is 0 Å². The molecule has 0 aliphatic heterocycles. The predicted molar refractivity (Wildman–Crippen MR) is 322 cm³/mol. The van der Waals surface area contributed by atoms with Gasteiger partial charge < -0.3 is 0 Å². The van der Waals surface area contributed by atoms with Crippen molar-refractivity contribution in [2.24, 2.45) is 0 Å². The van der Waals surface area contributed by atoms with Crippen molar-refractivity contribution in [1.29, 1.82) is 0 Å². The monoisotopic (exact) mass is 994 g/mol. The molecule has 0 aliphatic carbocycles. The maximum atomic E-state index is 15.1. The molecule has 0 fully saturated rings. The van der Waals surface area contributed by atoms with Gasteiger partial charge in [0.1, 0.15) is 11.3 Å². The summed E-state index contributed by atoms with van der Waals surface area (Å²) in [6.07, 6.45) is 0. The summed E-state index contributed by atoms with van der Waals surface area (Å²) in [6.45, 7) is 0. The zero-order valence-electron chi connectivity index (χ0n) is 41.9. The number of hydrogen-bond donors (Lipinski definition) is 0. The van der Waals surface area contributed by atoms with E-state index in [0.717, 1.165) is 132 Å². The molecule has 12 aromatic carbocycles. The van der Waals surface area contributed by atoms with Crippen molar-refractivity contribution in [1.82, 2.24) is 18.8 Å². The van der Waals surface area contributed by atoms with Crippen LogP contribution in [0, 0.1) is 0 Å². The average molecular weight is 995 g/mol. The topological polar surface area (TPSA) is 68.7 Å². The molecule has 6 heteroatoms. The van der Waals surface area contributed by atoms with E-state index in [1.165, 1.54) is 0 Å². The Balaban J connectivity index is 0.860. The van der Waals surface area contributed by atoms with Crippen LogP contribution in [0.2, 0.25) is 0 Å². The molecule has 0 aliphatic rings. The van der Waals surface area contributed by atoms with Gasteiger partial charge in [0.2, 0.25) is 0 Å². The number of fused-ring (bicyclic) bond motifs is 8. The van der Waals surface area contributed by atoms with Crippen molar-refractivity contribution in [3.8, 4) is 77.9 Å². The lowest BCUT2D eigenvalue weighted by molar-refractivity contribution is 1.19. The van der Waals surface area contributed by atoms with Gasteiger partial charge in [-0.25, -0.2) is 9.97 Å². The van der Waals surface area contributed by atoms with Gasteiger partial charge in [0.05, 0.1) is 22.1 Å². The van der Waals surface area contributed by atoms with Crippen LogP contribution < -0.4 is 11.1 Å². The van der Waals surface area contributed by atoms with Crippen LogP contribution in [0.3, 0.4) is 0 Å². The Hall–Kier alpha value is -10.6. The number of rotatable bonds is 7. The van der Waals surface area contributed by atoms with Gasteiger partial charge in [0.25, 0.3) is 11.1 Å². The van der Waals surface area contributed by atoms with Crippen molar-refractivity contribution in [3.63, 3.8) is 0 Å². The number of benzene rings is 12. The molecule has 16 aromatic rings. The smallest absolute Gasteiger partial charge is 0.264 e. The molecular weight excluding hydrogens is 953 g/mol. The standard InChI is InChI=1S/C72H42N4O2/c77-71-59-28-14-26-56-54(47-22-11-4-12-23-47)35-37-58(66(56)59)70-74-67-61(39-52(42-64(67)75(70)71)44-18-7-2-8-19-44)50-25-13-24-49(38-50)45-30-32-48(33-31-45)62-40-51(43-16-5-1-6-17-43)41-63-68(62)76-69(73-63)57-36-34-53(46-20-9-3-10-21-46)55-27-15-29-60(65(55)57)72(76)78/h1-42H. The minimum absolute atomic E-state index is 0.0900. The van der Waals surface area contributed by atoms with Gasteiger partial charge in [0.15, 0.2) is 0 Å². The fraction of sp³-hybridized carbons (Fsp3) is 0. The third-order valence-electron chi connectivity index (χ3n) is 16.0. The Kier molecular flexibility index (Phi) is 9.54. The minimum atomic E-state index is -0.0925. The third kappa shape index (κ3) is 6.57. The van der Waals surface area contributed by atoms with E-state index < -0.39 is 0 Å². The number of pyridine rings is 2. The second-order valence-corrected chi connectivity index (χ2v) is 20.3. The molecule has 16 rings (SSSR count). The summed E-state index contributed by atoms with van der Waals surface area (Å²) in [5.74, 6) is 0. The van der Waals surface area contributed by atoms with Crippen molar-refractivity contribution in [3.05, 3.63) is 275 Å². The Labute approximate surface area is 446 Å². The first kappa shape index (κ1) is 43.8. The highest BCUT2D eigenvalue weighted by molar-refractivity contribution is 6.21. The van der Waals surface area contributed by atoms with E-state index in [4.69, 9.17) is 9.97 Å². The largest absolute Gasteiger partial charge is 0.268 e. The lowest BCUT2D eigenvalue weighted by Crippen LogP contribution is -2.13. The van der Waals surface area contributed by atoms with Crippen molar-refractivity contribution >= 4 is 76.5 Å². The van der Waals surface area contributed by atoms with Crippen molar-refractivity contribution in [2.45, 2.75) is 0 Å². The summed E-state index contributed by atoms with van der Waals surface area (Å²) < 4.78 is 3.66. The summed E-state index contributed by atoms with van der Waals surface area (Å²) in [4.78, 5) is 40.8. The number of imidazole rings is 2. The highest BCUT2D eigenvalue weighted by Crippen LogP contribution is 2.43. The SMILES string of the molecule is O=c1c2cccc3c(-c4ccccc4)ccc(c32)c2nc3c(-c4cccc(-c5ccc(-c6cc(-c7ccccc7)cc7nc8c9ccc(-c%10ccccc%10)c%10cccc(c(=O)n8c67)c%109)cc5)c4)cc(-c4ccccc4)cc3n12. The molecule has 0 amide bonds. The predicted octanol–water partition coefficient (Wildman–Crippen LogP) is 17.2. The van der Waals surface area contributed by atoms with Crippen LogP contribution in [0.4, 0.5) is 0 Å². The summed E-state index contributed by atoms with van der Waals surface area (Å²) in [6, 6.07) is 88.0. The van der Waals surface area contributed by atoms with E-state index in [2.05, 4.69) is 170 Å². The molecule has 0 saturated heterocycles. The highest BCUT2D eigenvalue weighted by atomic mass is 16.1. The number of aromatic nitrogens is 4. The van der Waals surface area contributed by atoms with Gasteiger partial charge in [0, 0.05) is 43.4 Å². The molecule has 362 valence electrons. The lowest BCUT2D eigenvalue weighted by Gasteiger charge is -2.13. The average Bonchev–Trinajstić information content (AvgIpc) is 3.98. The van der Waals surface area contributed by atoms with Crippen LogP contribution in [-0.2, 0) is 0 Å². The molecule has 0 atom stereocenters. The van der Waals surface area contributed by atoms with E-state index in [1.54, 1.807) is 0 Å². The maximum absolute atomic E-state index is 15.1.